The zero-order chi connectivity index (χ0) is 14.6. The molecule has 0 heterocycles. The summed E-state index contributed by atoms with van der Waals surface area (Å²) >= 11 is 0. The second kappa shape index (κ2) is 10.9. The van der Waals surface area contributed by atoms with E-state index in [1.54, 1.807) is 0 Å². The molecule has 0 radical (unpaired) electrons. The molecule has 1 unspecified atom stereocenters. The van der Waals surface area contributed by atoms with Gasteiger partial charge in [0.1, 0.15) is 0 Å². The summed E-state index contributed by atoms with van der Waals surface area (Å²) in [7, 11) is 0. The van der Waals surface area contributed by atoms with Gasteiger partial charge in [-0.3, -0.25) is 11.3 Å². The molecule has 0 aromatic heterocycles. The number of hydrogen-bond acceptors (Lipinski definition) is 2. The zero-order valence-electron chi connectivity index (χ0n) is 13.3. The molecule has 20 heavy (non-hydrogen) atoms. The lowest BCUT2D eigenvalue weighted by Gasteiger charge is -2.15. The van der Waals surface area contributed by atoms with Crippen molar-refractivity contribution in [2.45, 2.75) is 77.7 Å². The van der Waals surface area contributed by atoms with Crippen molar-refractivity contribution >= 4 is 0 Å². The van der Waals surface area contributed by atoms with Gasteiger partial charge in [-0.2, -0.15) is 0 Å². The van der Waals surface area contributed by atoms with Gasteiger partial charge in [0.2, 0.25) is 0 Å². The Kier molecular flexibility index (Phi) is 9.35. The fourth-order valence-electron chi connectivity index (χ4n) is 2.58. The molecule has 1 aromatic carbocycles. The highest BCUT2D eigenvalue weighted by molar-refractivity contribution is 5.21. The summed E-state index contributed by atoms with van der Waals surface area (Å²) in [4.78, 5) is 0. The van der Waals surface area contributed by atoms with Crippen molar-refractivity contribution in [2.24, 2.45) is 5.84 Å². The molecule has 0 spiro atoms. The lowest BCUT2D eigenvalue weighted by Crippen LogP contribution is -2.35. The van der Waals surface area contributed by atoms with Crippen LogP contribution in [-0.4, -0.2) is 6.04 Å². The van der Waals surface area contributed by atoms with E-state index in [1.807, 2.05) is 0 Å². The molecule has 0 bridgehead atoms. The van der Waals surface area contributed by atoms with E-state index in [0.29, 0.717) is 6.04 Å². The van der Waals surface area contributed by atoms with E-state index < -0.39 is 0 Å². The first-order chi connectivity index (χ1) is 9.76. The molecule has 0 aliphatic carbocycles. The predicted molar refractivity (Wildman–Crippen MR) is 88.6 cm³/mol. The van der Waals surface area contributed by atoms with Crippen molar-refractivity contribution in [2.75, 3.05) is 0 Å². The third kappa shape index (κ3) is 7.66. The van der Waals surface area contributed by atoms with Crippen LogP contribution in [0.5, 0.6) is 0 Å². The molecule has 0 fully saturated rings. The Bertz CT molecular complexity index is 332. The molecule has 1 aromatic rings. The first-order valence-corrected chi connectivity index (χ1v) is 8.28. The van der Waals surface area contributed by atoms with Crippen molar-refractivity contribution in [1.82, 2.24) is 5.43 Å². The van der Waals surface area contributed by atoms with Gasteiger partial charge in [0, 0.05) is 6.04 Å². The molecular formula is C18H32N2. The number of hydrazine groups is 1. The summed E-state index contributed by atoms with van der Waals surface area (Å²) in [5, 5.41) is 0. The summed E-state index contributed by atoms with van der Waals surface area (Å²) in [6, 6.07) is 9.30. The van der Waals surface area contributed by atoms with Crippen LogP contribution < -0.4 is 11.3 Å². The number of aryl methyl sites for hydroxylation is 2. The molecular weight excluding hydrogens is 244 g/mol. The van der Waals surface area contributed by atoms with E-state index in [9.17, 15) is 0 Å². The Morgan fingerprint density at radius 3 is 2.25 bits per heavy atom. The number of unbranched alkanes of at least 4 members (excludes halogenated alkanes) is 5. The average Bonchev–Trinajstić information content (AvgIpc) is 2.47. The number of nitrogens with one attached hydrogen (secondary N) is 1. The third-order valence-electron chi connectivity index (χ3n) is 4.04. The van der Waals surface area contributed by atoms with Gasteiger partial charge in [0.15, 0.2) is 0 Å². The van der Waals surface area contributed by atoms with Crippen LogP contribution in [0.2, 0.25) is 0 Å². The Morgan fingerprint density at radius 2 is 1.60 bits per heavy atom. The van der Waals surface area contributed by atoms with E-state index in [4.69, 9.17) is 5.84 Å². The van der Waals surface area contributed by atoms with Crippen molar-refractivity contribution in [3.05, 3.63) is 35.4 Å². The molecule has 1 atom stereocenters. The highest BCUT2D eigenvalue weighted by Gasteiger charge is 2.06. The van der Waals surface area contributed by atoms with Gasteiger partial charge < -0.3 is 0 Å². The summed E-state index contributed by atoms with van der Waals surface area (Å²) in [5.74, 6) is 5.67. The van der Waals surface area contributed by atoms with Crippen LogP contribution in [0.3, 0.4) is 0 Å². The van der Waals surface area contributed by atoms with E-state index in [2.05, 4.69) is 43.5 Å². The van der Waals surface area contributed by atoms with E-state index in [0.717, 1.165) is 12.8 Å². The van der Waals surface area contributed by atoms with Gasteiger partial charge in [0.05, 0.1) is 0 Å². The number of rotatable bonds is 11. The first kappa shape index (κ1) is 17.2. The maximum atomic E-state index is 5.67. The standard InChI is InChI=1S/C18H32N2/c1-3-4-5-6-7-8-9-18(20-19)15-14-17-12-10-16(2)11-13-17/h10-13,18,20H,3-9,14-15,19H2,1-2H3. The molecule has 0 aliphatic rings. The van der Waals surface area contributed by atoms with Crippen LogP contribution in [0.1, 0.15) is 69.4 Å². The largest absolute Gasteiger partial charge is 0.271 e. The van der Waals surface area contributed by atoms with Crippen molar-refractivity contribution in [3.63, 3.8) is 0 Å². The Balaban J connectivity index is 2.14. The zero-order valence-corrected chi connectivity index (χ0v) is 13.3. The van der Waals surface area contributed by atoms with Crippen molar-refractivity contribution < 1.29 is 0 Å². The molecule has 2 heteroatoms. The minimum Gasteiger partial charge on any atom is -0.271 e. The Morgan fingerprint density at radius 1 is 0.950 bits per heavy atom. The number of benzene rings is 1. The highest BCUT2D eigenvalue weighted by atomic mass is 15.2. The molecule has 0 amide bonds. The SMILES string of the molecule is CCCCCCCCC(CCc1ccc(C)cc1)NN. The molecule has 0 aliphatic heterocycles. The van der Waals surface area contributed by atoms with Gasteiger partial charge in [-0.25, -0.2) is 0 Å². The van der Waals surface area contributed by atoms with E-state index in [-0.39, 0.29) is 0 Å². The highest BCUT2D eigenvalue weighted by Crippen LogP contribution is 2.13. The summed E-state index contributed by atoms with van der Waals surface area (Å²) in [6.07, 6.45) is 11.6. The van der Waals surface area contributed by atoms with Crippen LogP contribution in [0.25, 0.3) is 0 Å². The maximum absolute atomic E-state index is 5.67. The van der Waals surface area contributed by atoms with Crippen LogP contribution in [-0.2, 0) is 6.42 Å². The molecule has 3 N–H and O–H groups in total. The van der Waals surface area contributed by atoms with Crippen LogP contribution in [0.4, 0.5) is 0 Å². The quantitative estimate of drug-likeness (QED) is 0.354. The molecule has 0 saturated carbocycles. The second-order valence-corrected chi connectivity index (χ2v) is 5.94. The first-order valence-electron chi connectivity index (χ1n) is 8.28. The summed E-state index contributed by atoms with van der Waals surface area (Å²) in [5.41, 5.74) is 5.73. The van der Waals surface area contributed by atoms with Crippen LogP contribution in [0.15, 0.2) is 24.3 Å². The van der Waals surface area contributed by atoms with Crippen molar-refractivity contribution in [1.29, 1.82) is 0 Å². The van der Waals surface area contributed by atoms with Gasteiger partial charge in [0.25, 0.3) is 0 Å². The predicted octanol–water partition coefficient (Wildman–Crippen LogP) is 4.51. The van der Waals surface area contributed by atoms with E-state index >= 15 is 0 Å². The summed E-state index contributed by atoms with van der Waals surface area (Å²) in [6.45, 7) is 4.39. The van der Waals surface area contributed by atoms with Gasteiger partial charge in [-0.15, -0.1) is 0 Å². The second-order valence-electron chi connectivity index (χ2n) is 5.94. The smallest absolute Gasteiger partial charge is 0.0213 e. The van der Waals surface area contributed by atoms with Crippen molar-refractivity contribution in [3.8, 4) is 0 Å². The Hall–Kier alpha value is -0.860. The van der Waals surface area contributed by atoms with Crippen LogP contribution in [0, 0.1) is 6.92 Å². The van der Waals surface area contributed by atoms with Gasteiger partial charge in [-0.1, -0.05) is 75.3 Å². The minimum absolute atomic E-state index is 0.461. The molecule has 1 rings (SSSR count). The van der Waals surface area contributed by atoms with E-state index in [1.165, 1.54) is 56.1 Å². The fraction of sp³-hybridized carbons (Fsp3) is 0.667. The molecule has 114 valence electrons. The Labute approximate surface area is 125 Å². The number of nitrogens with two attached hydrogens (primary N) is 1. The lowest BCUT2D eigenvalue weighted by molar-refractivity contribution is 0.438. The molecule has 2 nitrogen and oxygen atoms in total. The average molecular weight is 276 g/mol. The van der Waals surface area contributed by atoms with Gasteiger partial charge >= 0.3 is 0 Å². The lowest BCUT2D eigenvalue weighted by atomic mass is 9.99. The van der Waals surface area contributed by atoms with Gasteiger partial charge in [-0.05, 0) is 31.7 Å². The topological polar surface area (TPSA) is 38.0 Å². The third-order valence-corrected chi connectivity index (χ3v) is 4.04. The summed E-state index contributed by atoms with van der Waals surface area (Å²) < 4.78 is 0. The minimum atomic E-state index is 0.461. The molecule has 0 saturated heterocycles. The maximum Gasteiger partial charge on any atom is 0.0213 e. The fourth-order valence-corrected chi connectivity index (χ4v) is 2.58. The number of hydrogen-bond donors (Lipinski definition) is 2. The monoisotopic (exact) mass is 276 g/mol. The normalized spacial score (nSPS) is 12.6. The van der Waals surface area contributed by atoms with Crippen LogP contribution >= 0.6 is 0 Å².